The molecule has 0 atom stereocenters. The van der Waals surface area contributed by atoms with Crippen molar-refractivity contribution >= 4 is 29.2 Å². The van der Waals surface area contributed by atoms with Crippen LogP contribution in [0.15, 0.2) is 72.8 Å². The molecule has 0 bridgehead atoms. The van der Waals surface area contributed by atoms with Crippen molar-refractivity contribution in [1.29, 1.82) is 0 Å². The molecule has 0 unspecified atom stereocenters. The van der Waals surface area contributed by atoms with Gasteiger partial charge in [-0.1, -0.05) is 30.3 Å². The van der Waals surface area contributed by atoms with E-state index in [2.05, 4.69) is 10.6 Å². The van der Waals surface area contributed by atoms with Crippen molar-refractivity contribution in [3.8, 4) is 5.75 Å². The number of nitrogens with one attached hydrogen (secondary N) is 2. The second kappa shape index (κ2) is 9.38. The number of amides is 2. The lowest BCUT2D eigenvalue weighted by Crippen LogP contribution is -2.20. The van der Waals surface area contributed by atoms with Gasteiger partial charge in [-0.2, -0.15) is 0 Å². The Kier molecular flexibility index (Phi) is 6.44. The number of carboxylic acid groups (broad SMARTS) is 1. The molecule has 0 spiro atoms. The van der Waals surface area contributed by atoms with Crippen LogP contribution in [0.25, 0.3) is 0 Å². The fraction of sp³-hybridized carbons (Fsp3) is 0.0870. The fourth-order valence-corrected chi connectivity index (χ4v) is 2.74. The van der Waals surface area contributed by atoms with E-state index < -0.39 is 11.9 Å². The van der Waals surface area contributed by atoms with Gasteiger partial charge in [-0.05, 0) is 55.0 Å². The van der Waals surface area contributed by atoms with Crippen molar-refractivity contribution < 1.29 is 24.2 Å². The molecular formula is C23H20N2O5. The third-order valence-electron chi connectivity index (χ3n) is 4.29. The van der Waals surface area contributed by atoms with E-state index in [-0.39, 0.29) is 23.8 Å². The minimum Gasteiger partial charge on any atom is -0.483 e. The third kappa shape index (κ3) is 5.23. The maximum Gasteiger partial charge on any atom is 0.337 e. The molecule has 0 fully saturated rings. The number of carbonyl (C=O) groups excluding carboxylic acids is 2. The predicted molar refractivity (Wildman–Crippen MR) is 113 cm³/mol. The van der Waals surface area contributed by atoms with Crippen LogP contribution in [0.5, 0.6) is 5.75 Å². The minimum atomic E-state index is -1.13. The van der Waals surface area contributed by atoms with E-state index in [9.17, 15) is 19.5 Å². The molecule has 0 radical (unpaired) electrons. The van der Waals surface area contributed by atoms with Gasteiger partial charge in [0.2, 0.25) is 0 Å². The third-order valence-corrected chi connectivity index (χ3v) is 4.29. The smallest absolute Gasteiger partial charge is 0.337 e. The molecule has 3 aromatic rings. The quantitative estimate of drug-likeness (QED) is 0.553. The highest BCUT2D eigenvalue weighted by Crippen LogP contribution is 2.18. The van der Waals surface area contributed by atoms with Gasteiger partial charge in [-0.25, -0.2) is 4.79 Å². The largest absolute Gasteiger partial charge is 0.483 e. The topological polar surface area (TPSA) is 105 Å². The number of rotatable bonds is 7. The Bertz CT molecular complexity index is 1080. The first kappa shape index (κ1) is 20.6. The van der Waals surface area contributed by atoms with Crippen LogP contribution < -0.4 is 15.4 Å². The van der Waals surface area contributed by atoms with Gasteiger partial charge in [0.05, 0.1) is 11.3 Å². The van der Waals surface area contributed by atoms with Crippen LogP contribution in [0.1, 0.15) is 26.3 Å². The van der Waals surface area contributed by atoms with E-state index in [0.29, 0.717) is 17.0 Å². The number of hydrogen-bond acceptors (Lipinski definition) is 4. The summed E-state index contributed by atoms with van der Waals surface area (Å²) in [4.78, 5) is 35.7. The molecule has 3 N–H and O–H groups in total. The first-order valence-electron chi connectivity index (χ1n) is 9.16. The molecule has 0 heterocycles. The minimum absolute atomic E-state index is 0.00314. The zero-order valence-electron chi connectivity index (χ0n) is 16.2. The SMILES string of the molecule is Cc1ccccc1OCC(=O)Nc1ccc(C(=O)Nc2ccccc2C(=O)O)cc1. The van der Waals surface area contributed by atoms with Crippen molar-refractivity contribution in [2.45, 2.75) is 6.92 Å². The molecule has 30 heavy (non-hydrogen) atoms. The lowest BCUT2D eigenvalue weighted by atomic mass is 10.1. The first-order chi connectivity index (χ1) is 14.4. The van der Waals surface area contributed by atoms with E-state index in [0.717, 1.165) is 5.56 Å². The average Bonchev–Trinajstić information content (AvgIpc) is 2.74. The van der Waals surface area contributed by atoms with Gasteiger partial charge in [-0.15, -0.1) is 0 Å². The summed E-state index contributed by atoms with van der Waals surface area (Å²) in [6.07, 6.45) is 0. The molecule has 0 aliphatic heterocycles. The van der Waals surface area contributed by atoms with Crippen LogP contribution in [0.2, 0.25) is 0 Å². The average molecular weight is 404 g/mol. The summed E-state index contributed by atoms with van der Waals surface area (Å²) in [6, 6.07) is 19.8. The second-order valence-corrected chi connectivity index (χ2v) is 6.48. The Morgan fingerprint density at radius 3 is 2.23 bits per heavy atom. The standard InChI is InChI=1S/C23H20N2O5/c1-15-6-2-5-9-20(15)30-14-21(26)24-17-12-10-16(11-13-17)22(27)25-19-8-4-3-7-18(19)23(28)29/h2-13H,14H2,1H3,(H,24,26)(H,25,27)(H,28,29). The number of aromatic carboxylic acids is 1. The van der Waals surface area contributed by atoms with Gasteiger partial charge >= 0.3 is 5.97 Å². The summed E-state index contributed by atoms with van der Waals surface area (Å²) < 4.78 is 5.51. The maximum atomic E-state index is 12.4. The van der Waals surface area contributed by atoms with Crippen molar-refractivity contribution in [1.82, 2.24) is 0 Å². The number of carbonyl (C=O) groups is 3. The predicted octanol–water partition coefficient (Wildman–Crippen LogP) is 3.96. The van der Waals surface area contributed by atoms with Crippen LogP contribution in [0.4, 0.5) is 11.4 Å². The highest BCUT2D eigenvalue weighted by atomic mass is 16.5. The van der Waals surface area contributed by atoms with Crippen LogP contribution in [0, 0.1) is 6.92 Å². The number of para-hydroxylation sites is 2. The van der Waals surface area contributed by atoms with Gasteiger partial charge in [0.25, 0.3) is 11.8 Å². The molecule has 0 aliphatic rings. The molecule has 3 rings (SSSR count). The molecule has 152 valence electrons. The Morgan fingerprint density at radius 2 is 1.53 bits per heavy atom. The second-order valence-electron chi connectivity index (χ2n) is 6.48. The van der Waals surface area contributed by atoms with Crippen LogP contribution in [-0.2, 0) is 4.79 Å². The number of ether oxygens (including phenoxy) is 1. The molecule has 0 saturated heterocycles. The van der Waals surface area contributed by atoms with E-state index in [1.165, 1.54) is 24.3 Å². The first-order valence-corrected chi connectivity index (χ1v) is 9.16. The Balaban J connectivity index is 1.58. The summed E-state index contributed by atoms with van der Waals surface area (Å²) in [7, 11) is 0. The molecule has 0 aromatic heterocycles. The lowest BCUT2D eigenvalue weighted by Gasteiger charge is -2.10. The number of anilines is 2. The van der Waals surface area contributed by atoms with Gasteiger partial charge in [-0.3, -0.25) is 9.59 Å². The highest BCUT2D eigenvalue weighted by Gasteiger charge is 2.13. The van der Waals surface area contributed by atoms with Gasteiger partial charge in [0.1, 0.15) is 5.75 Å². The fourth-order valence-electron chi connectivity index (χ4n) is 2.74. The zero-order valence-corrected chi connectivity index (χ0v) is 16.2. The molecular weight excluding hydrogens is 384 g/mol. The zero-order chi connectivity index (χ0) is 21.5. The van der Waals surface area contributed by atoms with Gasteiger partial charge in [0, 0.05) is 11.3 Å². The van der Waals surface area contributed by atoms with Crippen molar-refractivity contribution in [3.05, 3.63) is 89.5 Å². The van der Waals surface area contributed by atoms with Crippen LogP contribution in [-0.4, -0.2) is 29.5 Å². The number of aryl methyl sites for hydroxylation is 1. The maximum absolute atomic E-state index is 12.4. The summed E-state index contributed by atoms with van der Waals surface area (Å²) in [5, 5.41) is 14.5. The summed E-state index contributed by atoms with van der Waals surface area (Å²) in [5.74, 6) is -1.27. The number of benzene rings is 3. The van der Waals surface area contributed by atoms with Crippen molar-refractivity contribution in [3.63, 3.8) is 0 Å². The van der Waals surface area contributed by atoms with E-state index >= 15 is 0 Å². The Morgan fingerprint density at radius 1 is 0.867 bits per heavy atom. The van der Waals surface area contributed by atoms with Crippen molar-refractivity contribution in [2.75, 3.05) is 17.2 Å². The summed E-state index contributed by atoms with van der Waals surface area (Å²) in [6.45, 7) is 1.75. The summed E-state index contributed by atoms with van der Waals surface area (Å²) in [5.41, 5.74) is 1.98. The summed E-state index contributed by atoms with van der Waals surface area (Å²) >= 11 is 0. The van der Waals surface area contributed by atoms with Gasteiger partial charge in [0.15, 0.2) is 6.61 Å². The van der Waals surface area contributed by atoms with Crippen molar-refractivity contribution in [2.24, 2.45) is 0 Å². The molecule has 7 heteroatoms. The normalized spacial score (nSPS) is 10.2. The highest BCUT2D eigenvalue weighted by molar-refractivity contribution is 6.08. The molecule has 2 amide bonds. The van der Waals surface area contributed by atoms with Gasteiger partial charge < -0.3 is 20.5 Å². The molecule has 7 nitrogen and oxygen atoms in total. The molecule has 0 saturated carbocycles. The van der Waals surface area contributed by atoms with E-state index in [4.69, 9.17) is 4.74 Å². The lowest BCUT2D eigenvalue weighted by molar-refractivity contribution is -0.118. The van der Waals surface area contributed by atoms with Crippen LogP contribution in [0.3, 0.4) is 0 Å². The number of hydrogen-bond donors (Lipinski definition) is 3. The molecule has 3 aromatic carbocycles. The monoisotopic (exact) mass is 404 g/mol. The number of carboxylic acids is 1. The Labute approximate surface area is 173 Å². The van der Waals surface area contributed by atoms with E-state index in [1.807, 2.05) is 25.1 Å². The molecule has 0 aliphatic carbocycles. The van der Waals surface area contributed by atoms with Crippen LogP contribution >= 0.6 is 0 Å². The van der Waals surface area contributed by atoms with E-state index in [1.54, 1.807) is 30.3 Å². The Hall–Kier alpha value is -4.13.